The van der Waals surface area contributed by atoms with Crippen molar-refractivity contribution in [1.29, 1.82) is 0 Å². The number of benzene rings is 1. The highest BCUT2D eigenvalue weighted by Gasteiger charge is 2.38. The molecule has 1 fully saturated rings. The minimum absolute atomic E-state index is 0.00929. The Balaban J connectivity index is 1.61. The number of rotatable bonds is 4. The summed E-state index contributed by atoms with van der Waals surface area (Å²) in [5, 5.41) is 22.1. The lowest BCUT2D eigenvalue weighted by atomic mass is 9.72. The minimum atomic E-state index is -1.32. The van der Waals surface area contributed by atoms with E-state index in [0.717, 1.165) is 6.42 Å². The summed E-state index contributed by atoms with van der Waals surface area (Å²) in [6.45, 7) is 1.39. The van der Waals surface area contributed by atoms with Gasteiger partial charge in [0.2, 0.25) is 5.91 Å². The molecule has 0 aromatic heterocycles. The van der Waals surface area contributed by atoms with E-state index in [9.17, 15) is 19.7 Å². The summed E-state index contributed by atoms with van der Waals surface area (Å²) in [5.41, 5.74) is 12.4. The Labute approximate surface area is 151 Å². The number of likely N-dealkylation sites (tertiary alicyclic amines) is 1. The lowest BCUT2D eigenvalue weighted by Gasteiger charge is -2.35. The first-order valence-electron chi connectivity index (χ1n) is 8.58. The number of carboxylic acid groups (broad SMARTS) is 1. The molecule has 7 N–H and O–H groups in total. The van der Waals surface area contributed by atoms with Crippen molar-refractivity contribution >= 4 is 19.0 Å². The quantitative estimate of drug-likeness (QED) is 0.393. The standard InChI is InChI=1S/C16H23BN4O5/c18-11-4-5-21(7-12(11)19)8-14(22)20-13-6-9-2-1-3-10(16(23)24)15(9)26-17(13)25/h1-3,11-13,25H,4-8,18-19H2,(H,20,22)(H,23,24)/t11?,12?,13-/m0/s1. The number of para-hydroxylation sites is 1. The van der Waals surface area contributed by atoms with Crippen LogP contribution in [0, 0.1) is 0 Å². The summed E-state index contributed by atoms with van der Waals surface area (Å²) in [6.07, 6.45) is 1.02. The van der Waals surface area contributed by atoms with Crippen molar-refractivity contribution in [3.63, 3.8) is 0 Å². The molecule has 0 radical (unpaired) electrons. The summed E-state index contributed by atoms with van der Waals surface area (Å²) < 4.78 is 5.37. The van der Waals surface area contributed by atoms with Crippen LogP contribution >= 0.6 is 0 Å². The number of fused-ring (bicyclic) bond motifs is 1. The van der Waals surface area contributed by atoms with Gasteiger partial charge in [-0.2, -0.15) is 0 Å². The second kappa shape index (κ2) is 7.62. The average molecular weight is 362 g/mol. The van der Waals surface area contributed by atoms with E-state index in [1.165, 1.54) is 6.07 Å². The van der Waals surface area contributed by atoms with Crippen molar-refractivity contribution in [2.75, 3.05) is 19.6 Å². The zero-order valence-corrected chi connectivity index (χ0v) is 14.3. The van der Waals surface area contributed by atoms with Gasteiger partial charge in [-0.05, 0) is 24.5 Å². The molecule has 3 rings (SSSR count). The minimum Gasteiger partial charge on any atom is -0.534 e. The molecule has 0 spiro atoms. The Hall–Kier alpha value is -2.14. The van der Waals surface area contributed by atoms with Gasteiger partial charge >= 0.3 is 13.1 Å². The number of nitrogens with zero attached hydrogens (tertiary/aromatic N) is 1. The molecule has 1 saturated heterocycles. The van der Waals surface area contributed by atoms with Gasteiger partial charge in [0.15, 0.2) is 0 Å². The van der Waals surface area contributed by atoms with E-state index in [0.29, 0.717) is 18.7 Å². The highest BCUT2D eigenvalue weighted by atomic mass is 16.5. The molecule has 1 aromatic rings. The van der Waals surface area contributed by atoms with Crippen molar-refractivity contribution < 1.29 is 24.4 Å². The predicted molar refractivity (Wildman–Crippen MR) is 94.6 cm³/mol. The van der Waals surface area contributed by atoms with Crippen molar-refractivity contribution in [3.8, 4) is 5.75 Å². The van der Waals surface area contributed by atoms with Crippen LogP contribution in [0.25, 0.3) is 0 Å². The molecule has 9 nitrogen and oxygen atoms in total. The van der Waals surface area contributed by atoms with E-state index in [4.69, 9.17) is 16.1 Å². The second-order valence-electron chi connectivity index (χ2n) is 6.84. The molecule has 0 bridgehead atoms. The van der Waals surface area contributed by atoms with Gasteiger partial charge in [-0.1, -0.05) is 12.1 Å². The molecule has 140 valence electrons. The molecule has 3 atom stereocenters. The summed E-state index contributed by atoms with van der Waals surface area (Å²) in [6, 6.07) is 4.53. The van der Waals surface area contributed by atoms with Gasteiger partial charge in [-0.15, -0.1) is 0 Å². The third-order valence-corrected chi connectivity index (χ3v) is 4.86. The lowest BCUT2D eigenvalue weighted by Crippen LogP contribution is -2.58. The molecule has 1 aromatic carbocycles. The number of aromatic carboxylic acids is 1. The van der Waals surface area contributed by atoms with Crippen LogP contribution in [0.5, 0.6) is 5.75 Å². The van der Waals surface area contributed by atoms with E-state index >= 15 is 0 Å². The summed E-state index contributed by atoms with van der Waals surface area (Å²) in [5.74, 6) is -1.89. The molecule has 2 unspecified atom stereocenters. The monoisotopic (exact) mass is 362 g/mol. The summed E-state index contributed by atoms with van der Waals surface area (Å²) in [7, 11) is -1.32. The van der Waals surface area contributed by atoms with E-state index < -0.39 is 19.0 Å². The third kappa shape index (κ3) is 3.99. The van der Waals surface area contributed by atoms with Crippen LogP contribution in [0.4, 0.5) is 0 Å². The van der Waals surface area contributed by atoms with Crippen LogP contribution in [0.1, 0.15) is 22.3 Å². The molecule has 2 aliphatic rings. The Kier molecular flexibility index (Phi) is 5.47. The van der Waals surface area contributed by atoms with Gasteiger partial charge in [0, 0.05) is 25.2 Å². The number of nitrogens with two attached hydrogens (primary N) is 2. The first kappa shape index (κ1) is 18.6. The van der Waals surface area contributed by atoms with Gasteiger partial charge in [-0.25, -0.2) is 4.79 Å². The van der Waals surface area contributed by atoms with Crippen molar-refractivity contribution in [3.05, 3.63) is 29.3 Å². The number of hydrogen-bond acceptors (Lipinski definition) is 7. The number of hydrogen-bond donors (Lipinski definition) is 5. The maximum Gasteiger partial charge on any atom is 0.547 e. The third-order valence-electron chi connectivity index (χ3n) is 4.86. The van der Waals surface area contributed by atoms with Crippen LogP contribution < -0.4 is 21.4 Å². The Morgan fingerprint density at radius 3 is 2.81 bits per heavy atom. The van der Waals surface area contributed by atoms with Crippen LogP contribution in [0.2, 0.25) is 0 Å². The predicted octanol–water partition coefficient (Wildman–Crippen LogP) is -1.82. The number of piperidine rings is 1. The maximum absolute atomic E-state index is 12.3. The largest absolute Gasteiger partial charge is 0.547 e. The number of carboxylic acids is 1. The Bertz CT molecular complexity index is 703. The number of nitrogens with one attached hydrogen (secondary N) is 1. The topological polar surface area (TPSA) is 151 Å². The maximum atomic E-state index is 12.3. The zero-order valence-electron chi connectivity index (χ0n) is 14.3. The highest BCUT2D eigenvalue weighted by Crippen LogP contribution is 2.30. The molecule has 0 saturated carbocycles. The summed E-state index contributed by atoms with van der Waals surface area (Å²) in [4.78, 5) is 25.5. The Morgan fingerprint density at radius 2 is 2.12 bits per heavy atom. The van der Waals surface area contributed by atoms with Gasteiger partial charge in [0.1, 0.15) is 5.75 Å². The molecular formula is C16H23BN4O5. The first-order chi connectivity index (χ1) is 12.3. The van der Waals surface area contributed by atoms with E-state index in [-0.39, 0.29) is 42.3 Å². The van der Waals surface area contributed by atoms with Gasteiger partial charge < -0.3 is 31.6 Å². The van der Waals surface area contributed by atoms with E-state index in [1.807, 2.05) is 4.90 Å². The van der Waals surface area contributed by atoms with Crippen LogP contribution in [0.3, 0.4) is 0 Å². The SMILES string of the molecule is NC1CCN(CC(=O)N[C@H]2Cc3cccc(C(=O)O)c3OB2O)CC1N. The fourth-order valence-electron chi connectivity index (χ4n) is 3.39. The molecule has 2 aliphatic heterocycles. The smallest absolute Gasteiger partial charge is 0.534 e. The van der Waals surface area contributed by atoms with Gasteiger partial charge in [0.05, 0.1) is 18.0 Å². The highest BCUT2D eigenvalue weighted by molar-refractivity contribution is 6.47. The molecule has 10 heteroatoms. The fourth-order valence-corrected chi connectivity index (χ4v) is 3.39. The van der Waals surface area contributed by atoms with Crippen LogP contribution in [-0.4, -0.2) is 71.7 Å². The van der Waals surface area contributed by atoms with Gasteiger partial charge in [-0.3, -0.25) is 9.69 Å². The number of carbonyl (C=O) groups excluding carboxylic acids is 1. The molecular weight excluding hydrogens is 339 g/mol. The lowest BCUT2D eigenvalue weighted by molar-refractivity contribution is -0.123. The zero-order chi connectivity index (χ0) is 18.8. The second-order valence-corrected chi connectivity index (χ2v) is 6.84. The van der Waals surface area contributed by atoms with E-state index in [2.05, 4.69) is 5.32 Å². The number of carbonyl (C=O) groups is 2. The first-order valence-corrected chi connectivity index (χ1v) is 8.58. The van der Waals surface area contributed by atoms with Crippen molar-refractivity contribution in [2.24, 2.45) is 11.5 Å². The van der Waals surface area contributed by atoms with E-state index in [1.54, 1.807) is 12.1 Å². The summed E-state index contributed by atoms with van der Waals surface area (Å²) >= 11 is 0. The van der Waals surface area contributed by atoms with Gasteiger partial charge in [0.25, 0.3) is 0 Å². The Morgan fingerprint density at radius 1 is 1.35 bits per heavy atom. The molecule has 26 heavy (non-hydrogen) atoms. The molecule has 2 heterocycles. The van der Waals surface area contributed by atoms with Crippen molar-refractivity contribution in [1.82, 2.24) is 10.2 Å². The normalized spacial score (nSPS) is 26.0. The average Bonchev–Trinajstić information content (AvgIpc) is 2.58. The molecule has 0 aliphatic carbocycles. The number of amides is 1. The van der Waals surface area contributed by atoms with Crippen molar-refractivity contribution in [2.45, 2.75) is 30.9 Å². The fraction of sp³-hybridized carbons (Fsp3) is 0.500. The van der Waals surface area contributed by atoms with Crippen LogP contribution in [-0.2, 0) is 11.2 Å². The van der Waals surface area contributed by atoms with Crippen LogP contribution in [0.15, 0.2) is 18.2 Å². The molecule has 1 amide bonds.